The van der Waals surface area contributed by atoms with Crippen LogP contribution in [0, 0.1) is 0 Å². The number of phosphoric ester groups is 1. The molecule has 2 heterocycles. The summed E-state index contributed by atoms with van der Waals surface area (Å²) in [5.74, 6) is -0.0483. The van der Waals surface area contributed by atoms with Crippen molar-refractivity contribution >= 4 is 29.3 Å². The fraction of sp³-hybridized carbons (Fsp3) is 0.556. The van der Waals surface area contributed by atoms with Gasteiger partial charge in [-0.15, -0.1) is 0 Å². The van der Waals surface area contributed by atoms with Crippen molar-refractivity contribution in [1.29, 1.82) is 0 Å². The number of ether oxygens (including phenoxy) is 1. The van der Waals surface area contributed by atoms with Gasteiger partial charge in [0.05, 0.1) is 12.7 Å². The molecule has 21 heteroatoms. The topological polar surface area (TPSA) is 256 Å². The zero-order valence-electron chi connectivity index (χ0n) is 15.5. The number of nitrogens with zero attached hydrogens (tertiary/aromatic N) is 2. The maximum atomic E-state index is 11.8. The Morgan fingerprint density at radius 3 is 2.40 bits per heavy atom. The van der Waals surface area contributed by atoms with Crippen LogP contribution in [0.2, 0.25) is 0 Å². The Hall–Kier alpha value is 1.01. The number of anilines is 1. The minimum absolute atomic E-state index is 0. The third kappa shape index (κ3) is 9.87. The van der Waals surface area contributed by atoms with Gasteiger partial charge in [0, 0.05) is 12.6 Å². The molecule has 0 amide bonds. The molecule has 0 aliphatic carbocycles. The number of hydrogen-bond donors (Lipinski definition) is 4. The van der Waals surface area contributed by atoms with E-state index < -0.39 is 54.2 Å². The Bertz CT molecular complexity index is 925. The molecule has 1 fully saturated rings. The van der Waals surface area contributed by atoms with Crippen LogP contribution in [-0.2, 0) is 31.6 Å². The number of rotatable bonds is 8. The summed E-state index contributed by atoms with van der Waals surface area (Å²) in [6.07, 6.45) is -2.54. The van der Waals surface area contributed by atoms with E-state index in [0.717, 1.165) is 4.57 Å². The molecule has 2 rings (SSSR count). The molecule has 1 aliphatic heterocycles. The largest absolute Gasteiger partial charge is 1.00 e. The first-order chi connectivity index (χ1) is 12.7. The molecule has 3 unspecified atom stereocenters. The Labute approximate surface area is 212 Å². The third-order valence-electron chi connectivity index (χ3n) is 3.17. The summed E-state index contributed by atoms with van der Waals surface area (Å²) in [6, 6.07) is 1.29. The summed E-state index contributed by atoms with van der Waals surface area (Å²) in [5, 5.41) is 9.92. The molecule has 0 bridgehead atoms. The van der Waals surface area contributed by atoms with Gasteiger partial charge in [-0.1, -0.05) is 0 Å². The smallest absolute Gasteiger partial charge is 0.756 e. The van der Waals surface area contributed by atoms with E-state index in [2.05, 4.69) is 18.1 Å². The molecule has 1 aromatic rings. The van der Waals surface area contributed by atoms with Gasteiger partial charge in [0.25, 0.3) is 15.6 Å². The molecular formula is C9H14N3Na2O13P3. The summed E-state index contributed by atoms with van der Waals surface area (Å²) in [6.45, 7) is -0.892. The summed E-state index contributed by atoms with van der Waals surface area (Å²) < 4.78 is 50.4. The van der Waals surface area contributed by atoms with E-state index in [9.17, 15) is 38.3 Å². The van der Waals surface area contributed by atoms with Crippen molar-refractivity contribution in [2.75, 3.05) is 12.3 Å². The first-order valence-electron chi connectivity index (χ1n) is 7.10. The average molecular weight is 511 g/mol. The monoisotopic (exact) mass is 511 g/mol. The van der Waals surface area contributed by atoms with Gasteiger partial charge in [0.15, 0.2) is 0 Å². The van der Waals surface area contributed by atoms with Crippen LogP contribution in [0.3, 0.4) is 0 Å². The Morgan fingerprint density at radius 2 is 1.87 bits per heavy atom. The van der Waals surface area contributed by atoms with E-state index >= 15 is 0 Å². The molecule has 0 aromatic carbocycles. The molecule has 6 atom stereocenters. The van der Waals surface area contributed by atoms with Gasteiger partial charge in [0.2, 0.25) is 0 Å². The normalized spacial score (nSPS) is 27.0. The zero-order valence-corrected chi connectivity index (χ0v) is 22.2. The van der Waals surface area contributed by atoms with Crippen molar-refractivity contribution in [2.24, 2.45) is 0 Å². The van der Waals surface area contributed by atoms with Gasteiger partial charge in [0.1, 0.15) is 18.1 Å². The van der Waals surface area contributed by atoms with Gasteiger partial charge in [-0.3, -0.25) is 18.2 Å². The van der Waals surface area contributed by atoms with E-state index in [1.54, 1.807) is 0 Å². The maximum Gasteiger partial charge on any atom is 1.00 e. The van der Waals surface area contributed by atoms with E-state index in [-0.39, 0.29) is 71.4 Å². The predicted molar refractivity (Wildman–Crippen MR) is 82.8 cm³/mol. The summed E-state index contributed by atoms with van der Waals surface area (Å²) in [4.78, 5) is 54.3. The number of nitrogen functional groups attached to an aromatic ring is 1. The molecule has 0 radical (unpaired) electrons. The second kappa shape index (κ2) is 11.9. The van der Waals surface area contributed by atoms with E-state index in [1.807, 2.05) is 0 Å². The second-order valence-electron chi connectivity index (χ2n) is 5.32. The second-order valence-corrected chi connectivity index (χ2v) is 9.65. The van der Waals surface area contributed by atoms with Crippen molar-refractivity contribution in [3.8, 4) is 0 Å². The number of aromatic nitrogens is 2. The van der Waals surface area contributed by atoms with Crippen molar-refractivity contribution in [3.05, 3.63) is 22.7 Å². The van der Waals surface area contributed by atoms with Crippen molar-refractivity contribution < 1.29 is 115 Å². The maximum absolute atomic E-state index is 11.8. The van der Waals surface area contributed by atoms with Crippen LogP contribution in [0.4, 0.5) is 5.82 Å². The Balaban J connectivity index is 0.00000420. The van der Waals surface area contributed by atoms with E-state index in [4.69, 9.17) is 15.4 Å². The van der Waals surface area contributed by atoms with Gasteiger partial charge < -0.3 is 35.2 Å². The first-order valence-corrected chi connectivity index (χ1v) is 11.6. The van der Waals surface area contributed by atoms with E-state index in [1.165, 1.54) is 12.3 Å². The fourth-order valence-electron chi connectivity index (χ4n) is 2.14. The number of aliphatic hydroxyl groups excluding tert-OH is 1. The van der Waals surface area contributed by atoms with Crippen molar-refractivity contribution in [2.45, 2.75) is 24.9 Å². The first kappa shape index (κ1) is 31.0. The summed E-state index contributed by atoms with van der Waals surface area (Å²) in [5.41, 5.74) is 4.56. The minimum Gasteiger partial charge on any atom is -0.756 e. The SMILES string of the molecule is Nc1ccn([C@@H]2C[C@@H](O)[C@H](COP(=O)(O)OP(=O)([O-])OP(=O)([O-])O)O2)c(=O)n1.[Na+].[Na+]. The number of phosphoric acid groups is 3. The molecule has 160 valence electrons. The quantitative estimate of drug-likeness (QED) is 0.187. The average Bonchev–Trinajstić information content (AvgIpc) is 2.82. The van der Waals surface area contributed by atoms with Crippen LogP contribution < -0.4 is 80.3 Å². The van der Waals surface area contributed by atoms with Gasteiger partial charge in [-0.05, 0) is 6.07 Å². The molecule has 5 N–H and O–H groups in total. The standard InChI is InChI=1S/C9H16N3O13P3.2Na/c10-7-1-2-12(9(14)11-7)8-3-5(13)6(23-8)4-22-27(18,19)25-28(20,21)24-26(15,16)17;;/h1-2,5-6,8,13H,3-4H2,(H,18,19)(H,20,21)(H2,10,11,14)(H2,15,16,17);;/q;2*+1/p-2/t5-,6+,8+;;/m1../s1. The molecule has 1 aromatic heterocycles. The summed E-state index contributed by atoms with van der Waals surface area (Å²) >= 11 is 0. The van der Waals surface area contributed by atoms with Crippen LogP contribution in [0.5, 0.6) is 0 Å². The molecule has 1 aliphatic rings. The molecule has 1 saturated heterocycles. The van der Waals surface area contributed by atoms with Gasteiger partial charge in [-0.25, -0.2) is 18.0 Å². The van der Waals surface area contributed by atoms with E-state index in [0.29, 0.717) is 0 Å². The van der Waals surface area contributed by atoms with Gasteiger partial charge in [-0.2, -0.15) is 4.98 Å². The number of hydrogen-bond acceptors (Lipinski definition) is 13. The Kier molecular flexibility index (Phi) is 12.3. The van der Waals surface area contributed by atoms with Crippen molar-refractivity contribution in [1.82, 2.24) is 9.55 Å². The molecule has 30 heavy (non-hydrogen) atoms. The van der Waals surface area contributed by atoms with Crippen molar-refractivity contribution in [3.63, 3.8) is 0 Å². The predicted octanol–water partition coefficient (Wildman–Crippen LogP) is -8.44. The van der Waals surface area contributed by atoms with Crippen LogP contribution in [0.1, 0.15) is 12.6 Å². The van der Waals surface area contributed by atoms with Crippen LogP contribution in [0.25, 0.3) is 0 Å². The summed E-state index contributed by atoms with van der Waals surface area (Å²) in [7, 11) is -17.2. The van der Waals surface area contributed by atoms with Gasteiger partial charge >= 0.3 is 72.6 Å². The minimum atomic E-state index is -5.97. The molecular weight excluding hydrogens is 497 g/mol. The third-order valence-corrected chi connectivity index (χ3v) is 6.90. The number of aliphatic hydroxyl groups is 1. The van der Waals surface area contributed by atoms with Crippen LogP contribution in [0.15, 0.2) is 17.1 Å². The fourth-order valence-corrected chi connectivity index (χ4v) is 5.07. The van der Waals surface area contributed by atoms with Crippen LogP contribution in [-0.4, -0.2) is 43.3 Å². The molecule has 0 saturated carbocycles. The Morgan fingerprint density at radius 1 is 1.27 bits per heavy atom. The molecule has 16 nitrogen and oxygen atoms in total. The number of nitrogens with two attached hydrogens (primary N) is 1. The van der Waals surface area contributed by atoms with Crippen LogP contribution >= 0.6 is 23.5 Å². The zero-order chi connectivity index (χ0) is 21.3. The molecule has 0 spiro atoms.